The number of ether oxygens (including phenoxy) is 1. The van der Waals surface area contributed by atoms with Crippen LogP contribution >= 0.6 is 0 Å². The molecule has 1 fully saturated rings. The van der Waals surface area contributed by atoms with E-state index < -0.39 is 18.1 Å². The Kier molecular flexibility index (Phi) is 2.71. The minimum atomic E-state index is -2.77. The number of alkyl halides is 2. The van der Waals surface area contributed by atoms with Gasteiger partial charge in [0.2, 0.25) is 0 Å². The third kappa shape index (κ3) is 2.46. The Balaban J connectivity index is 2.69. The lowest BCUT2D eigenvalue weighted by Crippen LogP contribution is -2.37. The lowest BCUT2D eigenvalue weighted by molar-refractivity contribution is -0.151. The fourth-order valence-electron chi connectivity index (χ4n) is 1.37. The average molecular weight is 192 g/mol. The first-order chi connectivity index (χ1) is 5.86. The zero-order valence-electron chi connectivity index (χ0n) is 7.90. The highest BCUT2D eigenvalue weighted by Gasteiger charge is 2.40. The van der Waals surface area contributed by atoms with Gasteiger partial charge in [-0.3, -0.25) is 4.79 Å². The normalized spacial score (nSPS) is 33.8. The van der Waals surface area contributed by atoms with Gasteiger partial charge in [-0.05, 0) is 26.7 Å². The molecule has 1 saturated heterocycles. The topological polar surface area (TPSA) is 26.3 Å². The number of ketones is 1. The summed E-state index contributed by atoms with van der Waals surface area (Å²) in [7, 11) is 0. The van der Waals surface area contributed by atoms with E-state index in [0.29, 0.717) is 12.8 Å². The lowest BCUT2D eigenvalue weighted by atomic mass is 9.95. The highest BCUT2D eigenvalue weighted by molar-refractivity contribution is 5.84. The van der Waals surface area contributed by atoms with Gasteiger partial charge in [-0.25, -0.2) is 8.78 Å². The fraction of sp³-hybridized carbons (Fsp3) is 0.889. The van der Waals surface area contributed by atoms with Crippen LogP contribution in [-0.4, -0.2) is 23.9 Å². The summed E-state index contributed by atoms with van der Waals surface area (Å²) in [4.78, 5) is 11.1. The second-order valence-corrected chi connectivity index (χ2v) is 3.79. The van der Waals surface area contributed by atoms with E-state index in [0.717, 1.165) is 0 Å². The molecule has 0 aliphatic carbocycles. The Labute approximate surface area is 76.3 Å². The number of carbonyl (C=O) groups is 1. The van der Waals surface area contributed by atoms with Gasteiger partial charge < -0.3 is 4.74 Å². The smallest absolute Gasteiger partial charge is 0.271 e. The van der Waals surface area contributed by atoms with Crippen LogP contribution in [0.2, 0.25) is 0 Å². The molecule has 0 radical (unpaired) electrons. The molecule has 0 aromatic rings. The molecule has 0 spiro atoms. The van der Waals surface area contributed by atoms with Gasteiger partial charge >= 0.3 is 0 Å². The molecule has 0 aromatic carbocycles. The van der Waals surface area contributed by atoms with E-state index >= 15 is 0 Å². The lowest BCUT2D eigenvalue weighted by Gasteiger charge is -2.25. The Morgan fingerprint density at radius 3 is 2.54 bits per heavy atom. The summed E-state index contributed by atoms with van der Waals surface area (Å²) in [6.45, 7) is 2.32. The standard InChI is InChI=1S/C9H14F2O2/c1-7(12)8(2)4-3-5-9(10,11)6-13-8/h3-6H2,1-2H3/t8-/m1/s1. The number of Topliss-reactive ketones (excluding diaryl/α,β-unsaturated/α-hetero) is 1. The van der Waals surface area contributed by atoms with Crippen molar-refractivity contribution >= 4 is 5.78 Å². The molecule has 0 bridgehead atoms. The van der Waals surface area contributed by atoms with Crippen molar-refractivity contribution < 1.29 is 18.3 Å². The molecule has 76 valence electrons. The van der Waals surface area contributed by atoms with E-state index in [1.165, 1.54) is 6.92 Å². The third-order valence-electron chi connectivity index (χ3n) is 2.54. The monoisotopic (exact) mass is 192 g/mol. The highest BCUT2D eigenvalue weighted by atomic mass is 19.3. The van der Waals surface area contributed by atoms with Crippen LogP contribution in [0.15, 0.2) is 0 Å². The second kappa shape index (κ2) is 3.33. The molecule has 0 amide bonds. The zero-order valence-corrected chi connectivity index (χ0v) is 7.90. The van der Waals surface area contributed by atoms with Gasteiger partial charge in [0.25, 0.3) is 5.92 Å². The molecule has 4 heteroatoms. The summed E-state index contributed by atoms with van der Waals surface area (Å²) < 4.78 is 30.6. The highest BCUT2D eigenvalue weighted by Crippen LogP contribution is 2.32. The van der Waals surface area contributed by atoms with E-state index in [9.17, 15) is 13.6 Å². The summed E-state index contributed by atoms with van der Waals surface area (Å²) in [5, 5.41) is 0. The van der Waals surface area contributed by atoms with Gasteiger partial charge in [-0.2, -0.15) is 0 Å². The van der Waals surface area contributed by atoms with Crippen LogP contribution in [0.4, 0.5) is 8.78 Å². The maximum atomic E-state index is 12.8. The molecule has 13 heavy (non-hydrogen) atoms. The molecule has 1 rings (SSSR count). The first-order valence-corrected chi connectivity index (χ1v) is 4.39. The van der Waals surface area contributed by atoms with Crippen molar-refractivity contribution in [2.24, 2.45) is 0 Å². The maximum Gasteiger partial charge on any atom is 0.271 e. The van der Waals surface area contributed by atoms with Gasteiger partial charge in [-0.15, -0.1) is 0 Å². The van der Waals surface area contributed by atoms with Gasteiger partial charge in [-0.1, -0.05) is 0 Å². The van der Waals surface area contributed by atoms with Crippen molar-refractivity contribution in [1.82, 2.24) is 0 Å². The molecular weight excluding hydrogens is 178 g/mol. The first-order valence-electron chi connectivity index (χ1n) is 4.39. The van der Waals surface area contributed by atoms with Crippen molar-refractivity contribution in [3.8, 4) is 0 Å². The van der Waals surface area contributed by atoms with E-state index in [4.69, 9.17) is 4.74 Å². The summed E-state index contributed by atoms with van der Waals surface area (Å²) in [6.07, 6.45) is 0.539. The predicted octanol–water partition coefficient (Wildman–Crippen LogP) is 2.17. The molecule has 1 heterocycles. The minimum Gasteiger partial charge on any atom is -0.361 e. The summed E-state index contributed by atoms with van der Waals surface area (Å²) in [5.74, 6) is -2.95. The molecule has 1 aliphatic rings. The Hall–Kier alpha value is -0.510. The van der Waals surface area contributed by atoms with Crippen LogP contribution in [0.25, 0.3) is 0 Å². The van der Waals surface area contributed by atoms with E-state index in [1.54, 1.807) is 6.92 Å². The van der Waals surface area contributed by atoms with Gasteiger partial charge in [0.05, 0.1) is 0 Å². The van der Waals surface area contributed by atoms with Crippen molar-refractivity contribution in [2.75, 3.05) is 6.61 Å². The predicted molar refractivity (Wildman–Crippen MR) is 43.8 cm³/mol. The van der Waals surface area contributed by atoms with Crippen LogP contribution in [-0.2, 0) is 9.53 Å². The zero-order chi connectivity index (χ0) is 10.1. The van der Waals surface area contributed by atoms with Crippen LogP contribution < -0.4 is 0 Å². The number of rotatable bonds is 1. The quantitative estimate of drug-likeness (QED) is 0.636. The third-order valence-corrected chi connectivity index (χ3v) is 2.54. The summed E-state index contributed by atoms with van der Waals surface area (Å²) in [6, 6.07) is 0. The average Bonchev–Trinajstić information content (AvgIpc) is 2.12. The molecule has 0 saturated carbocycles. The van der Waals surface area contributed by atoms with Crippen molar-refractivity contribution in [2.45, 2.75) is 44.6 Å². The largest absolute Gasteiger partial charge is 0.361 e. The molecule has 1 aliphatic heterocycles. The Morgan fingerprint density at radius 1 is 1.38 bits per heavy atom. The number of carbonyl (C=O) groups excluding carboxylic acids is 1. The SMILES string of the molecule is CC(=O)[C@@]1(C)CCCC(F)(F)CO1. The van der Waals surface area contributed by atoms with E-state index in [1.807, 2.05) is 0 Å². The minimum absolute atomic E-state index is 0.176. The molecule has 0 unspecified atom stereocenters. The summed E-state index contributed by atoms with van der Waals surface area (Å²) >= 11 is 0. The molecule has 0 N–H and O–H groups in total. The number of hydrogen-bond acceptors (Lipinski definition) is 2. The van der Waals surface area contributed by atoms with Gasteiger partial charge in [0.1, 0.15) is 12.2 Å². The van der Waals surface area contributed by atoms with Gasteiger partial charge in [0, 0.05) is 6.42 Å². The van der Waals surface area contributed by atoms with Crippen molar-refractivity contribution in [1.29, 1.82) is 0 Å². The molecule has 2 nitrogen and oxygen atoms in total. The summed E-state index contributed by atoms with van der Waals surface area (Å²) in [5.41, 5.74) is -1.00. The van der Waals surface area contributed by atoms with Crippen LogP contribution in [0.3, 0.4) is 0 Å². The van der Waals surface area contributed by atoms with E-state index in [2.05, 4.69) is 0 Å². The Morgan fingerprint density at radius 2 is 2.00 bits per heavy atom. The van der Waals surface area contributed by atoms with Crippen LogP contribution in [0.1, 0.15) is 33.1 Å². The molecule has 1 atom stereocenters. The second-order valence-electron chi connectivity index (χ2n) is 3.79. The number of hydrogen-bond donors (Lipinski definition) is 0. The maximum absolute atomic E-state index is 12.8. The van der Waals surface area contributed by atoms with Crippen LogP contribution in [0.5, 0.6) is 0 Å². The number of halogens is 2. The first kappa shape index (κ1) is 10.6. The Bertz CT molecular complexity index is 216. The van der Waals surface area contributed by atoms with Gasteiger partial charge in [0.15, 0.2) is 5.78 Å². The van der Waals surface area contributed by atoms with Crippen LogP contribution in [0, 0.1) is 0 Å². The van der Waals surface area contributed by atoms with Crippen molar-refractivity contribution in [3.05, 3.63) is 0 Å². The molecule has 0 aromatic heterocycles. The van der Waals surface area contributed by atoms with E-state index in [-0.39, 0.29) is 12.2 Å². The van der Waals surface area contributed by atoms with Crippen molar-refractivity contribution in [3.63, 3.8) is 0 Å². The molecular formula is C9H14F2O2. The fourth-order valence-corrected chi connectivity index (χ4v) is 1.37.